The van der Waals surface area contributed by atoms with Gasteiger partial charge in [0.2, 0.25) is 5.78 Å². The molecule has 0 spiro atoms. The van der Waals surface area contributed by atoms with Gasteiger partial charge >= 0.3 is 0 Å². The van der Waals surface area contributed by atoms with Crippen LogP contribution in [-0.2, 0) is 0 Å². The van der Waals surface area contributed by atoms with Gasteiger partial charge in [-0.25, -0.2) is 0 Å². The lowest BCUT2D eigenvalue weighted by atomic mass is 10.1. The van der Waals surface area contributed by atoms with Gasteiger partial charge in [-0.1, -0.05) is 0 Å². The molecule has 20 heavy (non-hydrogen) atoms. The molecule has 0 bridgehead atoms. The second-order valence-electron chi connectivity index (χ2n) is 4.27. The molecule has 0 fully saturated rings. The van der Waals surface area contributed by atoms with Gasteiger partial charge in [0.15, 0.2) is 6.61 Å². The lowest BCUT2D eigenvalue weighted by Crippen LogP contribution is -2.12. The Morgan fingerprint density at radius 3 is 2.45 bits per heavy atom. The Morgan fingerprint density at radius 2 is 1.80 bits per heavy atom. The third-order valence-electron chi connectivity index (χ3n) is 2.89. The fourth-order valence-corrected chi connectivity index (χ4v) is 2.03. The molecule has 0 unspecified atom stereocenters. The standard InChI is InChI=1S/C15H13IO4/c1-9-13(17)7-6-12(15(9)19)14(18)8-20-11-4-2-10(16)3-5-11/h2-7,17,19H,8H2,1H3. The first kappa shape index (κ1) is 14.6. The van der Waals surface area contributed by atoms with Gasteiger partial charge in [0.1, 0.15) is 17.2 Å². The van der Waals surface area contributed by atoms with Gasteiger partial charge in [0.05, 0.1) is 5.56 Å². The molecular formula is C15H13IO4. The van der Waals surface area contributed by atoms with Gasteiger partial charge in [0.25, 0.3) is 0 Å². The molecule has 0 saturated heterocycles. The Morgan fingerprint density at radius 1 is 1.15 bits per heavy atom. The lowest BCUT2D eigenvalue weighted by molar-refractivity contribution is 0.0918. The maximum absolute atomic E-state index is 12.0. The molecule has 4 nitrogen and oxygen atoms in total. The number of phenolic OH excluding ortho intramolecular Hbond substituents is 2. The number of benzene rings is 2. The topological polar surface area (TPSA) is 66.8 Å². The molecule has 2 aromatic carbocycles. The van der Waals surface area contributed by atoms with E-state index in [0.717, 1.165) is 3.57 Å². The summed E-state index contributed by atoms with van der Waals surface area (Å²) in [6.45, 7) is 1.37. The van der Waals surface area contributed by atoms with Crippen molar-refractivity contribution in [3.8, 4) is 17.2 Å². The lowest BCUT2D eigenvalue weighted by Gasteiger charge is -2.09. The highest BCUT2D eigenvalue weighted by atomic mass is 127. The number of rotatable bonds is 4. The molecule has 104 valence electrons. The number of carbonyl (C=O) groups is 1. The van der Waals surface area contributed by atoms with Crippen molar-refractivity contribution in [1.82, 2.24) is 0 Å². The maximum Gasteiger partial charge on any atom is 0.203 e. The Balaban J connectivity index is 2.09. The Kier molecular flexibility index (Phi) is 4.49. The minimum atomic E-state index is -0.343. The first-order valence-corrected chi connectivity index (χ1v) is 7.00. The zero-order valence-electron chi connectivity index (χ0n) is 10.8. The molecule has 0 atom stereocenters. The van der Waals surface area contributed by atoms with E-state index in [1.807, 2.05) is 12.1 Å². The van der Waals surface area contributed by atoms with E-state index < -0.39 is 0 Å². The zero-order valence-corrected chi connectivity index (χ0v) is 12.9. The number of hydrogen-bond acceptors (Lipinski definition) is 4. The van der Waals surface area contributed by atoms with E-state index in [9.17, 15) is 15.0 Å². The molecule has 0 aliphatic rings. The first-order valence-electron chi connectivity index (χ1n) is 5.92. The van der Waals surface area contributed by atoms with Crippen LogP contribution in [-0.4, -0.2) is 22.6 Å². The van der Waals surface area contributed by atoms with Crippen molar-refractivity contribution in [2.45, 2.75) is 6.92 Å². The second kappa shape index (κ2) is 6.13. The number of aromatic hydroxyl groups is 2. The molecule has 0 aliphatic heterocycles. The van der Waals surface area contributed by atoms with Gasteiger partial charge in [-0.15, -0.1) is 0 Å². The SMILES string of the molecule is Cc1c(O)ccc(C(=O)COc2ccc(I)cc2)c1O. The smallest absolute Gasteiger partial charge is 0.203 e. The van der Waals surface area contributed by atoms with Crippen LogP contribution in [0.5, 0.6) is 17.2 Å². The van der Waals surface area contributed by atoms with E-state index in [1.165, 1.54) is 12.1 Å². The number of ketones is 1. The summed E-state index contributed by atoms with van der Waals surface area (Å²) in [6, 6.07) is 10.1. The van der Waals surface area contributed by atoms with E-state index in [0.29, 0.717) is 5.75 Å². The molecule has 0 heterocycles. The highest BCUT2D eigenvalue weighted by Crippen LogP contribution is 2.29. The predicted octanol–water partition coefficient (Wildman–Crippen LogP) is 3.27. The van der Waals surface area contributed by atoms with E-state index >= 15 is 0 Å². The van der Waals surface area contributed by atoms with E-state index in [-0.39, 0.29) is 35.0 Å². The Hall–Kier alpha value is -1.76. The van der Waals surface area contributed by atoms with Crippen molar-refractivity contribution < 1.29 is 19.7 Å². The monoisotopic (exact) mass is 384 g/mol. The Labute approximate surface area is 130 Å². The highest BCUT2D eigenvalue weighted by Gasteiger charge is 2.15. The van der Waals surface area contributed by atoms with Crippen molar-refractivity contribution in [2.75, 3.05) is 6.61 Å². The molecule has 0 saturated carbocycles. The van der Waals surface area contributed by atoms with E-state index in [4.69, 9.17) is 4.74 Å². The van der Waals surface area contributed by atoms with Crippen molar-refractivity contribution in [3.05, 3.63) is 51.1 Å². The van der Waals surface area contributed by atoms with Crippen LogP contribution in [0.25, 0.3) is 0 Å². The van der Waals surface area contributed by atoms with Gasteiger partial charge in [-0.05, 0) is 65.9 Å². The van der Waals surface area contributed by atoms with Crippen LogP contribution in [0.3, 0.4) is 0 Å². The third-order valence-corrected chi connectivity index (χ3v) is 3.61. The number of ether oxygens (including phenoxy) is 1. The second-order valence-corrected chi connectivity index (χ2v) is 5.52. The van der Waals surface area contributed by atoms with Crippen molar-refractivity contribution in [2.24, 2.45) is 0 Å². The number of Topliss-reactive ketones (excluding diaryl/α,β-unsaturated/α-hetero) is 1. The van der Waals surface area contributed by atoms with Crippen LogP contribution in [0.15, 0.2) is 36.4 Å². The summed E-state index contributed by atoms with van der Waals surface area (Å²) in [7, 11) is 0. The highest BCUT2D eigenvalue weighted by molar-refractivity contribution is 14.1. The number of phenols is 2. The summed E-state index contributed by atoms with van der Waals surface area (Å²) in [5, 5.41) is 19.3. The van der Waals surface area contributed by atoms with Gasteiger partial charge in [0, 0.05) is 9.13 Å². The molecule has 0 aliphatic carbocycles. The molecule has 2 aromatic rings. The van der Waals surface area contributed by atoms with Crippen LogP contribution >= 0.6 is 22.6 Å². The summed E-state index contributed by atoms with van der Waals surface area (Å²) in [5.74, 6) is -0.00304. The van der Waals surface area contributed by atoms with E-state index in [2.05, 4.69) is 22.6 Å². The van der Waals surface area contributed by atoms with Crippen LogP contribution < -0.4 is 4.74 Å². The van der Waals surface area contributed by atoms with Gasteiger partial charge in [-0.3, -0.25) is 4.79 Å². The van der Waals surface area contributed by atoms with Crippen LogP contribution in [0.1, 0.15) is 15.9 Å². The summed E-state index contributed by atoms with van der Waals surface area (Å²) >= 11 is 2.18. The number of hydrogen-bond donors (Lipinski definition) is 2. The fraction of sp³-hybridized carbons (Fsp3) is 0.133. The fourth-order valence-electron chi connectivity index (χ4n) is 1.67. The summed E-state index contributed by atoms with van der Waals surface area (Å²) in [4.78, 5) is 12.0. The molecular weight excluding hydrogens is 371 g/mol. The summed E-state index contributed by atoms with van der Waals surface area (Å²) in [6.07, 6.45) is 0. The molecule has 0 amide bonds. The van der Waals surface area contributed by atoms with Gasteiger partial charge in [-0.2, -0.15) is 0 Å². The minimum absolute atomic E-state index is 0.0439. The minimum Gasteiger partial charge on any atom is -0.508 e. The number of carbonyl (C=O) groups excluding carboxylic acids is 1. The van der Waals surface area contributed by atoms with Gasteiger partial charge < -0.3 is 14.9 Å². The van der Waals surface area contributed by atoms with Crippen molar-refractivity contribution in [3.63, 3.8) is 0 Å². The maximum atomic E-state index is 12.0. The average Bonchev–Trinajstić information content (AvgIpc) is 2.44. The first-order chi connectivity index (χ1) is 9.49. The molecule has 0 radical (unpaired) electrons. The quantitative estimate of drug-likeness (QED) is 0.627. The largest absolute Gasteiger partial charge is 0.508 e. The average molecular weight is 384 g/mol. The zero-order chi connectivity index (χ0) is 14.7. The molecule has 2 rings (SSSR count). The van der Waals surface area contributed by atoms with Crippen molar-refractivity contribution >= 4 is 28.4 Å². The summed E-state index contributed by atoms with van der Waals surface area (Å²) in [5.41, 5.74) is 0.427. The summed E-state index contributed by atoms with van der Waals surface area (Å²) < 4.78 is 6.45. The number of halogens is 1. The Bertz CT molecular complexity index is 635. The predicted molar refractivity (Wildman–Crippen MR) is 83.5 cm³/mol. The van der Waals surface area contributed by atoms with E-state index in [1.54, 1.807) is 19.1 Å². The van der Waals surface area contributed by atoms with Crippen LogP contribution in [0.4, 0.5) is 0 Å². The normalized spacial score (nSPS) is 10.3. The third kappa shape index (κ3) is 3.22. The molecule has 5 heteroatoms. The van der Waals surface area contributed by atoms with Crippen LogP contribution in [0, 0.1) is 10.5 Å². The molecule has 0 aromatic heterocycles. The van der Waals surface area contributed by atoms with Crippen LogP contribution in [0.2, 0.25) is 0 Å². The van der Waals surface area contributed by atoms with Crippen molar-refractivity contribution in [1.29, 1.82) is 0 Å². The molecule has 2 N–H and O–H groups in total.